The fraction of sp³-hybridized carbons (Fsp3) is 0.375. The second kappa shape index (κ2) is 3.23. The first-order valence-electron chi connectivity index (χ1n) is 3.28. The van der Waals surface area contributed by atoms with Crippen LogP contribution in [0.25, 0.3) is 0 Å². The maximum absolute atomic E-state index is 4.17. The molecular formula is C8H11N. The van der Waals surface area contributed by atoms with Crippen LogP contribution in [0.1, 0.15) is 19.8 Å². The summed E-state index contributed by atoms with van der Waals surface area (Å²) in [5, 5.41) is 0. The lowest BCUT2D eigenvalue weighted by atomic mass is 10.1. The molecule has 0 saturated carbocycles. The lowest BCUT2D eigenvalue weighted by molar-refractivity contribution is 0.946. The van der Waals surface area contributed by atoms with Crippen molar-refractivity contribution in [3.63, 3.8) is 0 Å². The van der Waals surface area contributed by atoms with Crippen molar-refractivity contribution in [1.82, 2.24) is 0 Å². The number of allylic oxidation sites excluding steroid dienone is 4. The normalized spacial score (nSPS) is 18.6. The quantitative estimate of drug-likeness (QED) is 0.472. The summed E-state index contributed by atoms with van der Waals surface area (Å²) in [5.74, 6) is 0. The Morgan fingerprint density at radius 1 is 1.67 bits per heavy atom. The summed E-state index contributed by atoms with van der Waals surface area (Å²) in [4.78, 5) is 4.17. The van der Waals surface area contributed by atoms with E-state index in [0.29, 0.717) is 0 Å². The molecule has 0 bridgehead atoms. The van der Waals surface area contributed by atoms with Crippen molar-refractivity contribution in [2.24, 2.45) is 4.99 Å². The number of hydrogen-bond acceptors (Lipinski definition) is 1. The van der Waals surface area contributed by atoms with Gasteiger partial charge in [-0.3, -0.25) is 4.99 Å². The smallest absolute Gasteiger partial charge is 0.0402 e. The third-order valence-corrected chi connectivity index (χ3v) is 1.29. The van der Waals surface area contributed by atoms with Crippen LogP contribution in [0.4, 0.5) is 0 Å². The molecule has 0 aromatic rings. The van der Waals surface area contributed by atoms with Crippen LogP contribution in [0.3, 0.4) is 0 Å². The Labute approximate surface area is 55.8 Å². The van der Waals surface area contributed by atoms with E-state index < -0.39 is 0 Å². The summed E-state index contributed by atoms with van der Waals surface area (Å²) >= 11 is 0. The molecule has 0 radical (unpaired) electrons. The Hall–Kier alpha value is -0.850. The molecule has 0 heterocycles. The summed E-state index contributed by atoms with van der Waals surface area (Å²) in [6.45, 7) is 1.94. The van der Waals surface area contributed by atoms with E-state index in [-0.39, 0.29) is 0 Å². The van der Waals surface area contributed by atoms with Gasteiger partial charge in [0.25, 0.3) is 0 Å². The van der Waals surface area contributed by atoms with E-state index in [1.54, 1.807) is 0 Å². The summed E-state index contributed by atoms with van der Waals surface area (Å²) in [6.07, 6.45) is 10.4. The van der Waals surface area contributed by atoms with Crippen molar-refractivity contribution in [3.05, 3.63) is 23.9 Å². The molecule has 0 spiro atoms. The highest BCUT2D eigenvalue weighted by atomic mass is 14.7. The van der Waals surface area contributed by atoms with Gasteiger partial charge in [0.15, 0.2) is 0 Å². The highest BCUT2D eigenvalue weighted by Crippen LogP contribution is 2.11. The molecule has 0 fully saturated rings. The van der Waals surface area contributed by atoms with Gasteiger partial charge in [0, 0.05) is 11.9 Å². The average Bonchev–Trinajstić information content (AvgIpc) is 1.91. The number of nitrogens with zero attached hydrogens (tertiary/aromatic N) is 1. The zero-order chi connectivity index (χ0) is 6.53. The molecule has 0 N–H and O–H groups in total. The SMILES string of the molecule is CC=NC1=CC=CCC1. The van der Waals surface area contributed by atoms with Crippen molar-refractivity contribution in [2.45, 2.75) is 19.8 Å². The van der Waals surface area contributed by atoms with Crippen LogP contribution in [-0.2, 0) is 0 Å². The third-order valence-electron chi connectivity index (χ3n) is 1.29. The second-order valence-corrected chi connectivity index (χ2v) is 2.01. The first kappa shape index (κ1) is 6.27. The zero-order valence-electron chi connectivity index (χ0n) is 5.67. The first-order valence-corrected chi connectivity index (χ1v) is 3.28. The second-order valence-electron chi connectivity index (χ2n) is 2.01. The van der Waals surface area contributed by atoms with E-state index in [4.69, 9.17) is 0 Å². The highest BCUT2D eigenvalue weighted by Gasteiger charge is 1.93. The van der Waals surface area contributed by atoms with Crippen molar-refractivity contribution in [3.8, 4) is 0 Å². The van der Waals surface area contributed by atoms with E-state index in [1.807, 2.05) is 13.1 Å². The molecule has 1 rings (SSSR count). The van der Waals surface area contributed by atoms with Gasteiger partial charge < -0.3 is 0 Å². The first-order chi connectivity index (χ1) is 4.43. The predicted octanol–water partition coefficient (Wildman–Crippen LogP) is 2.31. The Balaban J connectivity index is 2.57. The lowest BCUT2D eigenvalue weighted by Gasteiger charge is -2.00. The number of aliphatic imine (C=N–C) groups is 1. The van der Waals surface area contributed by atoms with Gasteiger partial charge >= 0.3 is 0 Å². The topological polar surface area (TPSA) is 12.4 Å². The summed E-state index contributed by atoms with van der Waals surface area (Å²) in [5.41, 5.74) is 1.19. The molecule has 9 heavy (non-hydrogen) atoms. The zero-order valence-corrected chi connectivity index (χ0v) is 5.67. The maximum atomic E-state index is 4.17. The largest absolute Gasteiger partial charge is 0.266 e. The third kappa shape index (κ3) is 1.84. The van der Waals surface area contributed by atoms with E-state index in [1.165, 1.54) is 5.70 Å². The van der Waals surface area contributed by atoms with E-state index in [2.05, 4.69) is 23.2 Å². The fourth-order valence-corrected chi connectivity index (χ4v) is 0.863. The Bertz CT molecular complexity index is 163. The molecule has 0 atom stereocenters. The van der Waals surface area contributed by atoms with Crippen LogP contribution in [0.5, 0.6) is 0 Å². The molecule has 0 unspecified atom stereocenters. The van der Waals surface area contributed by atoms with Crippen LogP contribution in [-0.4, -0.2) is 6.21 Å². The summed E-state index contributed by atoms with van der Waals surface area (Å²) in [7, 11) is 0. The standard InChI is InChI=1S/C8H11N/c1-2-9-8-6-4-3-5-7-8/h2-4,6H,5,7H2,1H3. The van der Waals surface area contributed by atoms with E-state index in [0.717, 1.165) is 12.8 Å². The lowest BCUT2D eigenvalue weighted by Crippen LogP contribution is -1.82. The van der Waals surface area contributed by atoms with E-state index >= 15 is 0 Å². The Kier molecular flexibility index (Phi) is 2.25. The van der Waals surface area contributed by atoms with Crippen LogP contribution >= 0.6 is 0 Å². The van der Waals surface area contributed by atoms with Gasteiger partial charge in [-0.05, 0) is 25.8 Å². The van der Waals surface area contributed by atoms with E-state index in [9.17, 15) is 0 Å². The number of rotatable bonds is 1. The van der Waals surface area contributed by atoms with Crippen LogP contribution < -0.4 is 0 Å². The van der Waals surface area contributed by atoms with Crippen LogP contribution in [0.15, 0.2) is 28.9 Å². The number of hydrogen-bond donors (Lipinski definition) is 0. The molecule has 48 valence electrons. The molecular weight excluding hydrogens is 110 g/mol. The van der Waals surface area contributed by atoms with Gasteiger partial charge in [-0.25, -0.2) is 0 Å². The van der Waals surface area contributed by atoms with Gasteiger partial charge in [-0.15, -0.1) is 0 Å². The van der Waals surface area contributed by atoms with Crippen molar-refractivity contribution in [1.29, 1.82) is 0 Å². The molecule has 1 aliphatic carbocycles. The van der Waals surface area contributed by atoms with Gasteiger partial charge in [-0.2, -0.15) is 0 Å². The molecule has 1 aliphatic rings. The Morgan fingerprint density at radius 2 is 2.56 bits per heavy atom. The minimum absolute atomic E-state index is 1.10. The van der Waals surface area contributed by atoms with Crippen molar-refractivity contribution >= 4 is 6.21 Å². The van der Waals surface area contributed by atoms with Gasteiger partial charge in [0.05, 0.1) is 0 Å². The van der Waals surface area contributed by atoms with Crippen LogP contribution in [0.2, 0.25) is 0 Å². The van der Waals surface area contributed by atoms with Crippen LogP contribution in [0, 0.1) is 0 Å². The molecule has 1 nitrogen and oxygen atoms in total. The molecule has 0 aromatic carbocycles. The highest BCUT2D eigenvalue weighted by molar-refractivity contribution is 5.55. The minimum atomic E-state index is 1.10. The molecule has 0 amide bonds. The molecule has 0 aliphatic heterocycles. The van der Waals surface area contributed by atoms with Gasteiger partial charge in [0.2, 0.25) is 0 Å². The average molecular weight is 121 g/mol. The monoisotopic (exact) mass is 121 g/mol. The minimum Gasteiger partial charge on any atom is -0.266 e. The summed E-state index contributed by atoms with van der Waals surface area (Å²) < 4.78 is 0. The Morgan fingerprint density at radius 3 is 3.11 bits per heavy atom. The fourth-order valence-electron chi connectivity index (χ4n) is 0.863. The predicted molar refractivity (Wildman–Crippen MR) is 40.6 cm³/mol. The molecule has 0 aromatic heterocycles. The van der Waals surface area contributed by atoms with Crippen molar-refractivity contribution in [2.75, 3.05) is 0 Å². The van der Waals surface area contributed by atoms with Crippen molar-refractivity contribution < 1.29 is 0 Å². The van der Waals surface area contributed by atoms with Gasteiger partial charge in [-0.1, -0.05) is 12.2 Å². The summed E-state index contributed by atoms with van der Waals surface area (Å²) in [6, 6.07) is 0. The molecule has 0 saturated heterocycles. The maximum Gasteiger partial charge on any atom is 0.0402 e. The molecule has 1 heteroatoms. The van der Waals surface area contributed by atoms with Gasteiger partial charge in [0.1, 0.15) is 0 Å².